The van der Waals surface area contributed by atoms with Crippen LogP contribution in [-0.2, 0) is 11.3 Å². The first-order chi connectivity index (χ1) is 9.62. The van der Waals surface area contributed by atoms with E-state index < -0.39 is 35.6 Å². The van der Waals surface area contributed by atoms with Crippen molar-refractivity contribution in [2.45, 2.75) is 45.9 Å². The summed E-state index contributed by atoms with van der Waals surface area (Å²) >= 11 is 0. The van der Waals surface area contributed by atoms with Gasteiger partial charge in [0.05, 0.1) is 13.2 Å². The first-order valence-corrected chi connectivity index (χ1v) is 6.52. The number of aliphatic hydroxyl groups is 1. The van der Waals surface area contributed by atoms with E-state index in [-0.39, 0.29) is 6.54 Å². The smallest absolute Gasteiger partial charge is 0.407 e. The van der Waals surface area contributed by atoms with Gasteiger partial charge in [0.2, 0.25) is 0 Å². The summed E-state index contributed by atoms with van der Waals surface area (Å²) in [5.41, 5.74) is -1.21. The van der Waals surface area contributed by atoms with E-state index >= 15 is 0 Å². The zero-order chi connectivity index (χ0) is 16.2. The number of amides is 1. The van der Waals surface area contributed by atoms with Gasteiger partial charge in [-0.2, -0.15) is 0 Å². The van der Waals surface area contributed by atoms with Crippen LogP contribution in [0.1, 0.15) is 26.3 Å². The van der Waals surface area contributed by atoms with Crippen LogP contribution >= 0.6 is 0 Å². The van der Waals surface area contributed by atoms with Gasteiger partial charge in [-0.1, -0.05) is 0 Å². The summed E-state index contributed by atoms with van der Waals surface area (Å²) in [6.07, 6.45) is -0.222. The van der Waals surface area contributed by atoms with Crippen molar-refractivity contribution >= 4 is 6.09 Å². The standard InChI is InChI=1S/C13H21N3O5/c1-8-5-16(11(19)14-10(8)18)6-9(7-17)21-12(20)15-13(2,3)4/h5,9,17H,6-7H2,1-4H3,(H,15,20)(H,14,18,19)/t9-/m0/s1. The topological polar surface area (TPSA) is 113 Å². The summed E-state index contributed by atoms with van der Waals surface area (Å²) in [6.45, 7) is 6.43. The number of aliphatic hydroxyl groups excluding tert-OH is 1. The molecule has 1 heterocycles. The van der Waals surface area contributed by atoms with Gasteiger partial charge in [-0.15, -0.1) is 0 Å². The first kappa shape index (κ1) is 17.0. The van der Waals surface area contributed by atoms with Crippen LogP contribution in [0.4, 0.5) is 4.79 Å². The number of carbonyl (C=O) groups excluding carboxylic acids is 1. The number of hydrogen-bond acceptors (Lipinski definition) is 5. The lowest BCUT2D eigenvalue weighted by molar-refractivity contribution is 0.0432. The molecule has 1 atom stereocenters. The highest BCUT2D eigenvalue weighted by Crippen LogP contribution is 2.02. The van der Waals surface area contributed by atoms with Crippen LogP contribution in [0.5, 0.6) is 0 Å². The number of ether oxygens (including phenoxy) is 1. The van der Waals surface area contributed by atoms with Crippen LogP contribution in [0.2, 0.25) is 0 Å². The molecule has 0 fully saturated rings. The largest absolute Gasteiger partial charge is 0.442 e. The molecule has 0 spiro atoms. The minimum atomic E-state index is -0.893. The molecule has 0 bridgehead atoms. The molecule has 1 amide bonds. The van der Waals surface area contributed by atoms with Gasteiger partial charge in [0.25, 0.3) is 5.56 Å². The molecule has 21 heavy (non-hydrogen) atoms. The number of alkyl carbamates (subject to hydrolysis) is 1. The Morgan fingerprint density at radius 2 is 2.10 bits per heavy atom. The van der Waals surface area contributed by atoms with Crippen molar-refractivity contribution in [1.29, 1.82) is 0 Å². The summed E-state index contributed by atoms with van der Waals surface area (Å²) < 4.78 is 6.24. The Morgan fingerprint density at radius 1 is 1.48 bits per heavy atom. The van der Waals surface area contributed by atoms with Gasteiger partial charge in [0, 0.05) is 17.3 Å². The number of aromatic nitrogens is 2. The third-order valence-corrected chi connectivity index (χ3v) is 2.54. The number of nitrogens with one attached hydrogen (secondary N) is 2. The fraction of sp³-hybridized carbons (Fsp3) is 0.615. The van der Waals surface area contributed by atoms with Gasteiger partial charge in [0.15, 0.2) is 0 Å². The quantitative estimate of drug-likeness (QED) is 0.708. The zero-order valence-corrected chi connectivity index (χ0v) is 12.6. The predicted molar refractivity (Wildman–Crippen MR) is 76.3 cm³/mol. The maximum Gasteiger partial charge on any atom is 0.407 e. The average Bonchev–Trinajstić information content (AvgIpc) is 2.32. The molecule has 8 heteroatoms. The second kappa shape index (κ2) is 6.57. The van der Waals surface area contributed by atoms with Crippen molar-refractivity contribution < 1.29 is 14.6 Å². The summed E-state index contributed by atoms with van der Waals surface area (Å²) in [6, 6.07) is 0. The molecular weight excluding hydrogens is 278 g/mol. The highest BCUT2D eigenvalue weighted by atomic mass is 16.6. The molecule has 1 rings (SSSR count). The monoisotopic (exact) mass is 299 g/mol. The summed E-state index contributed by atoms with van der Waals surface area (Å²) in [4.78, 5) is 36.7. The Bertz CT molecular complexity index is 611. The Balaban J connectivity index is 2.79. The second-order valence-corrected chi connectivity index (χ2v) is 5.81. The van der Waals surface area contributed by atoms with Crippen LogP contribution < -0.4 is 16.6 Å². The van der Waals surface area contributed by atoms with E-state index in [0.717, 1.165) is 0 Å². The molecule has 0 aliphatic carbocycles. The molecule has 8 nitrogen and oxygen atoms in total. The highest BCUT2D eigenvalue weighted by molar-refractivity contribution is 5.68. The fourth-order valence-electron chi connectivity index (χ4n) is 1.59. The molecule has 1 aromatic heterocycles. The van der Waals surface area contributed by atoms with Gasteiger partial charge in [-0.05, 0) is 27.7 Å². The molecule has 0 saturated heterocycles. The first-order valence-electron chi connectivity index (χ1n) is 6.52. The van der Waals surface area contributed by atoms with E-state index in [1.165, 1.54) is 10.8 Å². The van der Waals surface area contributed by atoms with Crippen LogP contribution in [0.15, 0.2) is 15.8 Å². The minimum absolute atomic E-state index is 0.0511. The molecule has 1 aromatic rings. The Morgan fingerprint density at radius 3 is 2.62 bits per heavy atom. The molecular formula is C13H21N3O5. The van der Waals surface area contributed by atoms with Gasteiger partial charge in [-0.25, -0.2) is 9.59 Å². The zero-order valence-electron chi connectivity index (χ0n) is 12.6. The van der Waals surface area contributed by atoms with Crippen LogP contribution in [0.3, 0.4) is 0 Å². The number of rotatable bonds is 4. The van der Waals surface area contributed by atoms with Gasteiger partial charge in [0.1, 0.15) is 6.10 Å². The normalized spacial score (nSPS) is 12.8. The lowest BCUT2D eigenvalue weighted by Crippen LogP contribution is -2.44. The molecule has 0 radical (unpaired) electrons. The number of aromatic amines is 1. The number of hydrogen-bond donors (Lipinski definition) is 3. The van der Waals surface area contributed by atoms with E-state index in [9.17, 15) is 19.5 Å². The number of H-pyrrole nitrogens is 1. The Labute approximate surface area is 121 Å². The third kappa shape index (κ3) is 5.42. The van der Waals surface area contributed by atoms with Crippen molar-refractivity contribution in [1.82, 2.24) is 14.9 Å². The molecule has 0 aliphatic heterocycles. The average molecular weight is 299 g/mol. The van der Waals surface area contributed by atoms with E-state index in [1.807, 2.05) is 0 Å². The second-order valence-electron chi connectivity index (χ2n) is 5.81. The molecule has 0 aromatic carbocycles. The van der Waals surface area contributed by atoms with Gasteiger partial charge in [-0.3, -0.25) is 14.3 Å². The molecule has 3 N–H and O–H groups in total. The van der Waals surface area contributed by atoms with Gasteiger partial charge < -0.3 is 15.2 Å². The van der Waals surface area contributed by atoms with Crippen molar-refractivity contribution in [2.24, 2.45) is 0 Å². The van der Waals surface area contributed by atoms with Crippen molar-refractivity contribution in [2.75, 3.05) is 6.61 Å². The Kier molecular flexibility index (Phi) is 5.31. The van der Waals surface area contributed by atoms with Gasteiger partial charge >= 0.3 is 11.8 Å². The van der Waals surface area contributed by atoms with Crippen molar-refractivity contribution in [3.05, 3.63) is 32.6 Å². The van der Waals surface area contributed by atoms with Crippen LogP contribution in [-0.4, -0.2) is 39.0 Å². The van der Waals surface area contributed by atoms with E-state index in [4.69, 9.17) is 4.74 Å². The van der Waals surface area contributed by atoms with E-state index in [1.54, 1.807) is 27.7 Å². The SMILES string of the molecule is Cc1cn(C[C@@H](CO)OC(=O)NC(C)(C)C)c(=O)[nH]c1=O. The third-order valence-electron chi connectivity index (χ3n) is 2.54. The van der Waals surface area contributed by atoms with Crippen molar-refractivity contribution in [3.8, 4) is 0 Å². The minimum Gasteiger partial charge on any atom is -0.442 e. The molecule has 0 aliphatic rings. The summed E-state index contributed by atoms with van der Waals surface area (Å²) in [5.74, 6) is 0. The van der Waals surface area contributed by atoms with Crippen LogP contribution in [0, 0.1) is 6.92 Å². The van der Waals surface area contributed by atoms with E-state index in [0.29, 0.717) is 5.56 Å². The predicted octanol–water partition coefficient (Wildman–Crippen LogP) is -0.269. The Hall–Kier alpha value is -2.09. The summed E-state index contributed by atoms with van der Waals surface area (Å²) in [7, 11) is 0. The van der Waals surface area contributed by atoms with E-state index in [2.05, 4.69) is 10.3 Å². The maximum atomic E-state index is 11.6. The molecule has 118 valence electrons. The maximum absolute atomic E-state index is 11.6. The molecule has 0 unspecified atom stereocenters. The highest BCUT2D eigenvalue weighted by Gasteiger charge is 2.19. The molecule has 0 saturated carbocycles. The fourth-order valence-corrected chi connectivity index (χ4v) is 1.59. The summed E-state index contributed by atoms with van der Waals surface area (Å²) in [5, 5.41) is 11.8. The number of aryl methyl sites for hydroxylation is 1. The van der Waals surface area contributed by atoms with Crippen LogP contribution in [0.25, 0.3) is 0 Å². The number of carbonyl (C=O) groups is 1. The lowest BCUT2D eigenvalue weighted by atomic mass is 10.1. The number of nitrogens with zero attached hydrogens (tertiary/aromatic N) is 1. The lowest BCUT2D eigenvalue weighted by Gasteiger charge is -2.23. The van der Waals surface area contributed by atoms with Crippen molar-refractivity contribution in [3.63, 3.8) is 0 Å².